The molecular formula is C60H55FN5O12P. The van der Waals surface area contributed by atoms with Crippen molar-refractivity contribution in [3.63, 3.8) is 0 Å². The number of urea groups is 1. The van der Waals surface area contributed by atoms with Crippen molar-refractivity contribution in [2.24, 2.45) is 0 Å². The monoisotopic (exact) mass is 1090 g/mol. The van der Waals surface area contributed by atoms with E-state index in [0.717, 1.165) is 12.0 Å². The van der Waals surface area contributed by atoms with Crippen molar-refractivity contribution in [2.45, 2.75) is 56.1 Å². The SMILES string of the molecule is O=C(Nc1ccc(F)cc1)NC(Cc1cccc(C#CCOc2cccc(C(NCc3ccccc3)P(=O)(O)O)c2)c1)C(=O)NCCCCCCNC(=O)c1ccc2c(c1)C(=O)OC21c2ccc(O)cc2Oc2cc(O)ccc21. The molecule has 79 heavy (non-hydrogen) atoms. The molecule has 7 aromatic carbocycles. The minimum Gasteiger partial charge on any atom is -0.508 e. The van der Waals surface area contributed by atoms with Crippen LogP contribution in [0.3, 0.4) is 0 Å². The number of phenolic OH excluding ortho intramolecular Hbond substituents is 2. The Balaban J connectivity index is 0.760. The molecule has 0 radical (unpaired) electrons. The van der Waals surface area contributed by atoms with Crippen LogP contribution in [-0.4, -0.2) is 69.6 Å². The first-order valence-corrected chi connectivity index (χ1v) is 27.1. The number of hydrogen-bond acceptors (Lipinski definition) is 11. The van der Waals surface area contributed by atoms with Gasteiger partial charge in [-0.15, -0.1) is 0 Å². The number of fused-ring (bicyclic) bond motifs is 6. The predicted octanol–water partition coefficient (Wildman–Crippen LogP) is 9.04. The Labute approximate surface area is 454 Å². The quantitative estimate of drug-likeness (QED) is 0.0150. The second kappa shape index (κ2) is 24.6. The van der Waals surface area contributed by atoms with Gasteiger partial charge in [-0.3, -0.25) is 19.5 Å². The molecule has 2 unspecified atom stereocenters. The Kier molecular flexibility index (Phi) is 17.0. The molecule has 2 atom stereocenters. The smallest absolute Gasteiger partial charge is 0.346 e. The number of phenols is 2. The molecule has 2 aliphatic heterocycles. The fourth-order valence-corrected chi connectivity index (χ4v) is 10.3. The van der Waals surface area contributed by atoms with E-state index in [9.17, 15) is 48.1 Å². The fourth-order valence-electron chi connectivity index (χ4n) is 9.44. The highest BCUT2D eigenvalue weighted by Crippen LogP contribution is 2.57. The molecule has 0 saturated carbocycles. The summed E-state index contributed by atoms with van der Waals surface area (Å²) in [5, 5.41) is 34.6. The highest BCUT2D eigenvalue weighted by atomic mass is 31.2. The number of hydrogen-bond donors (Lipinski definition) is 9. The van der Waals surface area contributed by atoms with Crippen LogP contribution < -0.4 is 36.1 Å². The van der Waals surface area contributed by atoms with Crippen molar-refractivity contribution in [3.8, 4) is 40.6 Å². The normalized spacial score (nSPS) is 13.4. The lowest BCUT2D eigenvalue weighted by Gasteiger charge is -2.36. The van der Waals surface area contributed by atoms with Gasteiger partial charge in [-0.1, -0.05) is 85.3 Å². The number of nitrogens with one attached hydrogen (secondary N) is 5. The highest BCUT2D eigenvalue weighted by Gasteiger charge is 2.54. The summed E-state index contributed by atoms with van der Waals surface area (Å²) in [7, 11) is -4.60. The number of aromatic hydroxyl groups is 2. The van der Waals surface area contributed by atoms with E-state index in [1.54, 1.807) is 72.8 Å². The van der Waals surface area contributed by atoms with Gasteiger partial charge in [0, 0.05) is 71.7 Å². The maximum atomic E-state index is 13.7. The molecule has 0 fully saturated rings. The molecule has 0 saturated heterocycles. The fraction of sp³-hybridized carbons (Fsp3) is 0.200. The van der Waals surface area contributed by atoms with E-state index in [4.69, 9.17) is 14.2 Å². The number of rotatable bonds is 20. The number of ether oxygens (including phenoxy) is 3. The van der Waals surface area contributed by atoms with Crippen molar-refractivity contribution in [3.05, 3.63) is 214 Å². The summed E-state index contributed by atoms with van der Waals surface area (Å²) in [5.41, 5.74) is 3.26. The van der Waals surface area contributed by atoms with Crippen molar-refractivity contribution >= 4 is 37.1 Å². The first-order chi connectivity index (χ1) is 38.1. The maximum Gasteiger partial charge on any atom is 0.346 e. The second-order valence-electron chi connectivity index (χ2n) is 18.8. The molecule has 9 N–H and O–H groups in total. The van der Waals surface area contributed by atoms with Gasteiger partial charge in [-0.25, -0.2) is 14.0 Å². The third kappa shape index (κ3) is 13.4. The molecule has 19 heteroatoms. The number of anilines is 1. The number of carbonyl (C=O) groups excluding carboxylic acids is 4. The summed E-state index contributed by atoms with van der Waals surface area (Å²) in [6, 6.07) is 40.1. The van der Waals surface area contributed by atoms with Gasteiger partial charge in [0.15, 0.2) is 5.60 Å². The molecule has 9 rings (SSSR count). The van der Waals surface area contributed by atoms with Gasteiger partial charge in [-0.05, 0) is 114 Å². The van der Waals surface area contributed by atoms with Crippen molar-refractivity contribution < 1.29 is 62.3 Å². The van der Waals surface area contributed by atoms with E-state index in [-0.39, 0.29) is 59.6 Å². The second-order valence-corrected chi connectivity index (χ2v) is 20.5. The molecule has 0 aliphatic carbocycles. The maximum absolute atomic E-state index is 13.7. The lowest BCUT2D eigenvalue weighted by Crippen LogP contribution is -2.49. The lowest BCUT2D eigenvalue weighted by molar-refractivity contribution is -0.122. The molecule has 7 aromatic rings. The first-order valence-electron chi connectivity index (χ1n) is 25.4. The van der Waals surface area contributed by atoms with E-state index < -0.39 is 48.7 Å². The summed E-state index contributed by atoms with van der Waals surface area (Å²) in [4.78, 5) is 74.0. The first kappa shape index (κ1) is 54.8. The molecule has 2 heterocycles. The van der Waals surface area contributed by atoms with Crippen LogP contribution in [0, 0.1) is 17.7 Å². The topological polar surface area (TPSA) is 254 Å². The average Bonchev–Trinajstić information content (AvgIpc) is 3.33. The van der Waals surface area contributed by atoms with Crippen molar-refractivity contribution in [1.82, 2.24) is 21.3 Å². The lowest BCUT2D eigenvalue weighted by atomic mass is 9.77. The number of unbranched alkanes of at least 4 members (excludes halogenated alkanes) is 3. The summed E-state index contributed by atoms with van der Waals surface area (Å²) >= 11 is 0. The van der Waals surface area contributed by atoms with E-state index in [1.807, 2.05) is 30.3 Å². The Hall–Kier alpha value is -8.98. The number of amides is 4. The van der Waals surface area contributed by atoms with E-state index in [2.05, 4.69) is 38.4 Å². The van der Waals surface area contributed by atoms with Crippen LogP contribution in [0.1, 0.15) is 91.1 Å². The summed E-state index contributed by atoms with van der Waals surface area (Å²) in [5.74, 6) is 3.52. The van der Waals surface area contributed by atoms with Gasteiger partial charge in [-0.2, -0.15) is 0 Å². The number of benzene rings is 7. The molecule has 0 aromatic heterocycles. The van der Waals surface area contributed by atoms with E-state index in [1.165, 1.54) is 54.6 Å². The predicted molar refractivity (Wildman–Crippen MR) is 291 cm³/mol. The standard InChI is InChI=1S/C60H55FN5O12P/c61-43-19-21-44(22-20-43)65-59(72)66-52(32-40-14-8-13-38(31-40)15-10-30-76-47-17-9-16-42(33-47)57(79(73,74)75)64-37-39-11-4-3-5-12-39)56(70)63-29-7-2-1-6-28-62-55(69)41-18-25-49-48(34-41)58(71)78-60(49)50-26-23-45(67)35-53(50)77-54-36-46(68)24-27-51(54)60/h3-5,8-9,11-14,16-27,31,33-36,52,57,64,67-68H,1-2,6-7,28-30,32,37H2,(H,62,69)(H,63,70)(H2,65,66,72)(H2,73,74,75). The van der Waals surface area contributed by atoms with Crippen LogP contribution in [0.15, 0.2) is 158 Å². The molecule has 0 bridgehead atoms. The van der Waals surface area contributed by atoms with Crippen LogP contribution in [0.2, 0.25) is 0 Å². The van der Waals surface area contributed by atoms with Gasteiger partial charge in [0.2, 0.25) is 5.91 Å². The van der Waals surface area contributed by atoms with Crippen molar-refractivity contribution in [2.75, 3.05) is 25.0 Å². The van der Waals surface area contributed by atoms with Crippen molar-refractivity contribution in [1.29, 1.82) is 0 Å². The highest BCUT2D eigenvalue weighted by molar-refractivity contribution is 7.52. The van der Waals surface area contributed by atoms with Gasteiger partial charge in [0.05, 0.1) is 5.56 Å². The summed E-state index contributed by atoms with van der Waals surface area (Å²) < 4.78 is 44.0. The average molecular weight is 1090 g/mol. The third-order valence-corrected chi connectivity index (χ3v) is 14.4. The Bertz CT molecular complexity index is 3460. The van der Waals surface area contributed by atoms with Gasteiger partial charge >= 0.3 is 19.6 Å². The molecule has 2 aliphatic rings. The zero-order valence-corrected chi connectivity index (χ0v) is 43.3. The number of esters is 1. The molecule has 404 valence electrons. The number of carbonyl (C=O) groups is 4. The van der Waals surface area contributed by atoms with Gasteiger partial charge in [0.25, 0.3) is 5.91 Å². The van der Waals surface area contributed by atoms with Crippen LogP contribution in [0.4, 0.5) is 14.9 Å². The molecule has 4 amide bonds. The van der Waals surface area contributed by atoms with Crippen LogP contribution in [0.25, 0.3) is 0 Å². The Morgan fingerprint density at radius 2 is 1.38 bits per heavy atom. The third-order valence-electron chi connectivity index (χ3n) is 13.2. The van der Waals surface area contributed by atoms with Crippen LogP contribution in [-0.2, 0) is 32.7 Å². The van der Waals surface area contributed by atoms with E-state index in [0.29, 0.717) is 77.2 Å². The largest absolute Gasteiger partial charge is 0.508 e. The zero-order chi connectivity index (χ0) is 55.5. The van der Waals surface area contributed by atoms with Gasteiger partial charge in [0.1, 0.15) is 53.0 Å². The number of halogens is 1. The summed E-state index contributed by atoms with van der Waals surface area (Å²) in [6.45, 7) is 0.846. The minimum atomic E-state index is -4.60. The molecule has 1 spiro atoms. The molecule has 17 nitrogen and oxygen atoms in total. The zero-order valence-electron chi connectivity index (χ0n) is 42.4. The Morgan fingerprint density at radius 3 is 2.09 bits per heavy atom. The van der Waals surface area contributed by atoms with Crippen LogP contribution in [0.5, 0.6) is 28.7 Å². The Morgan fingerprint density at radius 1 is 0.709 bits per heavy atom. The van der Waals surface area contributed by atoms with Gasteiger partial charge < -0.3 is 55.5 Å². The summed E-state index contributed by atoms with van der Waals surface area (Å²) in [6.07, 6.45) is 2.76. The molecular weight excluding hydrogens is 1030 g/mol. The van der Waals surface area contributed by atoms with Crippen LogP contribution >= 0.6 is 7.60 Å². The van der Waals surface area contributed by atoms with E-state index >= 15 is 0 Å². The minimum absolute atomic E-state index is 0.0429.